The minimum absolute atomic E-state index is 0.383. The highest BCUT2D eigenvalue weighted by atomic mass is 79.9. The van der Waals surface area contributed by atoms with Gasteiger partial charge in [-0.1, -0.05) is 15.9 Å². The Hall–Kier alpha value is -2.08. The molecule has 0 bridgehead atoms. The van der Waals surface area contributed by atoms with E-state index in [1.54, 1.807) is 6.07 Å². The van der Waals surface area contributed by atoms with Crippen molar-refractivity contribution in [2.75, 3.05) is 0 Å². The summed E-state index contributed by atoms with van der Waals surface area (Å²) in [6.07, 6.45) is 0. The molecule has 1 amide bonds. The SMILES string of the molecule is Cc1cc(C(=O)N[C@H](C)C(=O)O)c(C)n1-c1ccc(Br)cc1. The van der Waals surface area contributed by atoms with Crippen molar-refractivity contribution in [2.45, 2.75) is 26.8 Å². The average molecular weight is 365 g/mol. The molecule has 5 nitrogen and oxygen atoms in total. The molecule has 22 heavy (non-hydrogen) atoms. The summed E-state index contributed by atoms with van der Waals surface area (Å²) in [5.41, 5.74) is 3.11. The fourth-order valence-electron chi connectivity index (χ4n) is 2.32. The summed E-state index contributed by atoms with van der Waals surface area (Å²) >= 11 is 3.40. The number of rotatable bonds is 4. The van der Waals surface area contributed by atoms with Crippen LogP contribution in [0.2, 0.25) is 0 Å². The summed E-state index contributed by atoms with van der Waals surface area (Å²) in [4.78, 5) is 23.1. The number of aromatic nitrogens is 1. The number of aryl methyl sites for hydroxylation is 1. The molecule has 1 heterocycles. The van der Waals surface area contributed by atoms with Gasteiger partial charge in [-0.3, -0.25) is 9.59 Å². The minimum atomic E-state index is -1.06. The number of carboxylic acid groups (broad SMARTS) is 1. The first-order valence-corrected chi connectivity index (χ1v) is 7.59. The molecule has 0 aliphatic rings. The Bertz CT molecular complexity index is 720. The van der Waals surface area contributed by atoms with Crippen molar-refractivity contribution in [3.8, 4) is 5.69 Å². The standard InChI is InChI=1S/C16H17BrN2O3/c1-9-8-14(15(20)18-10(2)16(21)22)11(3)19(9)13-6-4-12(17)5-7-13/h4-8,10H,1-3H3,(H,18,20)(H,21,22)/t10-/m1/s1. The van der Waals surface area contributed by atoms with Crippen LogP contribution in [0.4, 0.5) is 0 Å². The molecule has 0 aliphatic carbocycles. The molecular weight excluding hydrogens is 348 g/mol. The van der Waals surface area contributed by atoms with Crippen molar-refractivity contribution in [2.24, 2.45) is 0 Å². The maximum absolute atomic E-state index is 12.2. The Labute approximate surface area is 137 Å². The maximum atomic E-state index is 12.2. The fraction of sp³-hybridized carbons (Fsp3) is 0.250. The first-order valence-electron chi connectivity index (χ1n) is 6.80. The number of nitrogens with one attached hydrogen (secondary N) is 1. The van der Waals surface area contributed by atoms with Crippen LogP contribution in [0.15, 0.2) is 34.8 Å². The van der Waals surface area contributed by atoms with Gasteiger partial charge in [-0.15, -0.1) is 0 Å². The number of halogens is 1. The molecule has 1 aromatic heterocycles. The minimum Gasteiger partial charge on any atom is -0.480 e. The molecule has 2 N–H and O–H groups in total. The lowest BCUT2D eigenvalue weighted by atomic mass is 10.2. The number of carbonyl (C=O) groups is 2. The molecule has 6 heteroatoms. The first-order chi connectivity index (χ1) is 10.3. The summed E-state index contributed by atoms with van der Waals surface area (Å²) < 4.78 is 2.94. The zero-order valence-electron chi connectivity index (χ0n) is 12.6. The highest BCUT2D eigenvalue weighted by molar-refractivity contribution is 9.10. The molecular formula is C16H17BrN2O3. The summed E-state index contributed by atoms with van der Waals surface area (Å²) in [6.45, 7) is 5.19. The number of hydrogen-bond acceptors (Lipinski definition) is 2. The van der Waals surface area contributed by atoms with E-state index < -0.39 is 12.0 Å². The number of benzene rings is 1. The first kappa shape index (κ1) is 16.3. The van der Waals surface area contributed by atoms with Gasteiger partial charge in [0.25, 0.3) is 5.91 Å². The molecule has 0 spiro atoms. The summed E-state index contributed by atoms with van der Waals surface area (Å²) in [7, 11) is 0. The van der Waals surface area contributed by atoms with Gasteiger partial charge in [-0.25, -0.2) is 0 Å². The number of nitrogens with zero attached hydrogens (tertiary/aromatic N) is 1. The molecule has 1 aromatic carbocycles. The van der Waals surface area contributed by atoms with Gasteiger partial charge in [0.2, 0.25) is 0 Å². The summed E-state index contributed by atoms with van der Waals surface area (Å²) in [5.74, 6) is -1.44. The van der Waals surface area contributed by atoms with E-state index in [0.717, 1.165) is 21.5 Å². The smallest absolute Gasteiger partial charge is 0.325 e. The van der Waals surface area contributed by atoms with E-state index in [9.17, 15) is 9.59 Å². The molecule has 2 aromatic rings. The zero-order chi connectivity index (χ0) is 16.4. The number of hydrogen-bond donors (Lipinski definition) is 2. The van der Waals surface area contributed by atoms with Crippen LogP contribution in [-0.2, 0) is 4.79 Å². The van der Waals surface area contributed by atoms with Crippen molar-refractivity contribution in [1.82, 2.24) is 9.88 Å². The number of carbonyl (C=O) groups excluding carboxylic acids is 1. The normalized spacial score (nSPS) is 12.0. The number of carboxylic acids is 1. The van der Waals surface area contributed by atoms with Crippen LogP contribution in [0.1, 0.15) is 28.7 Å². The Balaban J connectivity index is 2.37. The van der Waals surface area contributed by atoms with Gasteiger partial charge >= 0.3 is 5.97 Å². The van der Waals surface area contributed by atoms with E-state index in [1.165, 1.54) is 6.92 Å². The van der Waals surface area contributed by atoms with Gasteiger partial charge in [0.1, 0.15) is 6.04 Å². The largest absolute Gasteiger partial charge is 0.480 e. The zero-order valence-corrected chi connectivity index (χ0v) is 14.1. The van der Waals surface area contributed by atoms with Crippen molar-refractivity contribution >= 4 is 27.8 Å². The molecule has 0 aliphatic heterocycles. The van der Waals surface area contributed by atoms with Gasteiger partial charge in [-0.05, 0) is 51.1 Å². The lowest BCUT2D eigenvalue weighted by Crippen LogP contribution is -2.38. The molecule has 2 rings (SSSR count). The van der Waals surface area contributed by atoms with Crippen LogP contribution in [-0.4, -0.2) is 27.6 Å². The molecule has 0 saturated carbocycles. The van der Waals surface area contributed by atoms with Gasteiger partial charge in [-0.2, -0.15) is 0 Å². The van der Waals surface area contributed by atoms with Gasteiger partial charge in [0.15, 0.2) is 0 Å². The second-order valence-electron chi connectivity index (χ2n) is 5.13. The molecule has 0 unspecified atom stereocenters. The third kappa shape index (κ3) is 3.22. The Morgan fingerprint density at radius 1 is 1.23 bits per heavy atom. The predicted octanol–water partition coefficient (Wildman–Crippen LogP) is 3.06. The number of aliphatic carboxylic acids is 1. The van der Waals surface area contributed by atoms with E-state index in [0.29, 0.717) is 5.56 Å². The molecule has 0 saturated heterocycles. The van der Waals surface area contributed by atoms with Gasteiger partial charge in [0.05, 0.1) is 5.56 Å². The fourth-order valence-corrected chi connectivity index (χ4v) is 2.58. The van der Waals surface area contributed by atoms with Crippen molar-refractivity contribution in [1.29, 1.82) is 0 Å². The average Bonchev–Trinajstić information content (AvgIpc) is 2.75. The Kier molecular flexibility index (Phi) is 4.71. The second-order valence-corrected chi connectivity index (χ2v) is 6.05. The maximum Gasteiger partial charge on any atom is 0.325 e. The highest BCUT2D eigenvalue weighted by Crippen LogP contribution is 2.22. The third-order valence-electron chi connectivity index (χ3n) is 3.48. The van der Waals surface area contributed by atoms with Gasteiger partial charge < -0.3 is 15.0 Å². The van der Waals surface area contributed by atoms with Crippen LogP contribution in [0, 0.1) is 13.8 Å². The Morgan fingerprint density at radius 2 is 1.82 bits per heavy atom. The van der Waals surface area contributed by atoms with Crippen LogP contribution in [0.25, 0.3) is 5.69 Å². The second kappa shape index (κ2) is 6.36. The van der Waals surface area contributed by atoms with E-state index >= 15 is 0 Å². The molecule has 0 radical (unpaired) electrons. The monoisotopic (exact) mass is 364 g/mol. The van der Waals surface area contributed by atoms with Crippen LogP contribution >= 0.6 is 15.9 Å². The van der Waals surface area contributed by atoms with E-state index in [-0.39, 0.29) is 5.91 Å². The van der Waals surface area contributed by atoms with Crippen LogP contribution in [0.3, 0.4) is 0 Å². The van der Waals surface area contributed by atoms with Crippen molar-refractivity contribution in [3.05, 3.63) is 51.8 Å². The Morgan fingerprint density at radius 3 is 2.36 bits per heavy atom. The molecule has 0 fully saturated rings. The lowest BCUT2D eigenvalue weighted by molar-refractivity contribution is -0.138. The highest BCUT2D eigenvalue weighted by Gasteiger charge is 2.20. The predicted molar refractivity (Wildman–Crippen MR) is 87.5 cm³/mol. The van der Waals surface area contributed by atoms with Gasteiger partial charge in [0, 0.05) is 21.5 Å². The lowest BCUT2D eigenvalue weighted by Gasteiger charge is -2.11. The molecule has 1 atom stereocenters. The number of amides is 1. The van der Waals surface area contributed by atoms with E-state index in [2.05, 4.69) is 21.2 Å². The summed E-state index contributed by atoms with van der Waals surface area (Å²) in [6, 6.07) is 8.60. The van der Waals surface area contributed by atoms with E-state index in [1.807, 2.05) is 42.7 Å². The van der Waals surface area contributed by atoms with Crippen molar-refractivity contribution in [3.63, 3.8) is 0 Å². The summed E-state index contributed by atoms with van der Waals surface area (Å²) in [5, 5.41) is 11.4. The van der Waals surface area contributed by atoms with Crippen molar-refractivity contribution < 1.29 is 14.7 Å². The molecule has 116 valence electrons. The van der Waals surface area contributed by atoms with E-state index in [4.69, 9.17) is 5.11 Å². The topological polar surface area (TPSA) is 71.3 Å². The third-order valence-corrected chi connectivity index (χ3v) is 4.01. The van der Waals surface area contributed by atoms with Crippen LogP contribution in [0.5, 0.6) is 0 Å². The quantitative estimate of drug-likeness (QED) is 0.875. The van der Waals surface area contributed by atoms with Crippen LogP contribution < -0.4 is 5.32 Å².